The van der Waals surface area contributed by atoms with Gasteiger partial charge >= 0.3 is 0 Å². The van der Waals surface area contributed by atoms with Crippen LogP contribution in [0.2, 0.25) is 0 Å². The highest BCUT2D eigenvalue weighted by Crippen LogP contribution is 2.35. The van der Waals surface area contributed by atoms with E-state index in [1.807, 2.05) is 24.3 Å². The minimum absolute atomic E-state index is 0.333. The lowest BCUT2D eigenvalue weighted by Gasteiger charge is -2.24. The first-order valence-corrected chi connectivity index (χ1v) is 6.38. The third-order valence-corrected chi connectivity index (χ3v) is 3.17. The molecular weight excluding hydrogens is 274 g/mol. The van der Waals surface area contributed by atoms with Crippen molar-refractivity contribution in [2.24, 2.45) is 7.05 Å². The molecule has 0 aliphatic carbocycles. The van der Waals surface area contributed by atoms with E-state index in [2.05, 4.69) is 20.5 Å². The molecule has 1 unspecified atom stereocenters. The molecule has 8 heteroatoms. The number of aromatic nitrogens is 5. The summed E-state index contributed by atoms with van der Waals surface area (Å²) in [5, 5.41) is 11.6. The number of aryl methyl sites for hydroxylation is 1. The maximum atomic E-state index is 5.83. The Kier molecular flexibility index (Phi) is 2.59. The van der Waals surface area contributed by atoms with Crippen LogP contribution in [0.15, 0.2) is 35.0 Å². The van der Waals surface area contributed by atoms with Crippen molar-refractivity contribution in [2.75, 3.05) is 6.61 Å². The molecule has 0 bridgehead atoms. The Bertz CT molecular complexity index is 781. The molecule has 21 heavy (non-hydrogen) atoms. The van der Waals surface area contributed by atoms with Gasteiger partial charge in [0.25, 0.3) is 5.89 Å². The van der Waals surface area contributed by atoms with Gasteiger partial charge in [0, 0.05) is 7.05 Å². The first-order valence-electron chi connectivity index (χ1n) is 6.38. The Morgan fingerprint density at radius 1 is 1.24 bits per heavy atom. The Morgan fingerprint density at radius 3 is 2.90 bits per heavy atom. The quantitative estimate of drug-likeness (QED) is 0.702. The summed E-state index contributed by atoms with van der Waals surface area (Å²) in [5.74, 6) is 2.16. The third-order valence-electron chi connectivity index (χ3n) is 3.17. The van der Waals surface area contributed by atoms with Crippen molar-refractivity contribution < 1.29 is 14.0 Å². The summed E-state index contributed by atoms with van der Waals surface area (Å²) in [7, 11) is 1.75. The Balaban J connectivity index is 1.61. The van der Waals surface area contributed by atoms with Gasteiger partial charge in [-0.3, -0.25) is 0 Å². The standard InChI is InChI=1S/C13H11N5O3/c1-18-8(6-14-17-18)13-15-12(16-21-13)11-7-19-9-4-2-3-5-10(9)20-11/h2-6,11H,7H2,1H3. The smallest absolute Gasteiger partial charge is 0.277 e. The number of hydrogen-bond acceptors (Lipinski definition) is 7. The second-order valence-electron chi connectivity index (χ2n) is 4.56. The van der Waals surface area contributed by atoms with Crippen LogP contribution < -0.4 is 9.47 Å². The second-order valence-corrected chi connectivity index (χ2v) is 4.56. The van der Waals surface area contributed by atoms with E-state index in [1.165, 1.54) is 0 Å². The fraction of sp³-hybridized carbons (Fsp3) is 0.231. The van der Waals surface area contributed by atoms with Gasteiger partial charge in [-0.25, -0.2) is 4.68 Å². The zero-order valence-corrected chi connectivity index (χ0v) is 11.1. The normalized spacial score (nSPS) is 16.9. The molecule has 0 saturated heterocycles. The second kappa shape index (κ2) is 4.58. The zero-order valence-electron chi connectivity index (χ0n) is 11.1. The average molecular weight is 285 g/mol. The monoisotopic (exact) mass is 285 g/mol. The summed E-state index contributed by atoms with van der Waals surface area (Å²) >= 11 is 0. The zero-order chi connectivity index (χ0) is 14.2. The van der Waals surface area contributed by atoms with Crippen LogP contribution in [0.4, 0.5) is 0 Å². The summed E-state index contributed by atoms with van der Waals surface area (Å²) < 4.78 is 18.3. The van der Waals surface area contributed by atoms with Crippen LogP contribution in [-0.2, 0) is 7.05 Å². The van der Waals surface area contributed by atoms with Gasteiger partial charge in [-0.15, -0.1) is 5.10 Å². The highest BCUT2D eigenvalue weighted by atomic mass is 16.6. The number of hydrogen-bond donors (Lipinski definition) is 0. The molecule has 0 N–H and O–H groups in total. The molecular formula is C13H11N5O3. The van der Waals surface area contributed by atoms with E-state index in [9.17, 15) is 0 Å². The van der Waals surface area contributed by atoms with Crippen molar-refractivity contribution in [1.82, 2.24) is 25.1 Å². The van der Waals surface area contributed by atoms with Gasteiger partial charge in [0.15, 0.2) is 17.6 Å². The summed E-state index contributed by atoms with van der Waals surface area (Å²) in [4.78, 5) is 4.33. The van der Waals surface area contributed by atoms with Crippen molar-refractivity contribution in [3.63, 3.8) is 0 Å². The fourth-order valence-electron chi connectivity index (χ4n) is 2.10. The van der Waals surface area contributed by atoms with Crippen LogP contribution in [0.3, 0.4) is 0 Å². The van der Waals surface area contributed by atoms with Crippen molar-refractivity contribution >= 4 is 0 Å². The first kappa shape index (κ1) is 11.9. The van der Waals surface area contributed by atoms with E-state index >= 15 is 0 Å². The van der Waals surface area contributed by atoms with Gasteiger partial charge in [-0.2, -0.15) is 4.98 Å². The Hall–Kier alpha value is -2.90. The van der Waals surface area contributed by atoms with Crippen LogP contribution >= 0.6 is 0 Å². The van der Waals surface area contributed by atoms with E-state index in [0.717, 1.165) is 0 Å². The molecule has 0 radical (unpaired) electrons. The van der Waals surface area contributed by atoms with Crippen LogP contribution in [0, 0.1) is 0 Å². The van der Waals surface area contributed by atoms with Crippen molar-refractivity contribution in [3.8, 4) is 23.1 Å². The average Bonchev–Trinajstić information content (AvgIpc) is 3.15. The van der Waals surface area contributed by atoms with Gasteiger partial charge in [0.05, 0.1) is 6.20 Å². The van der Waals surface area contributed by atoms with Crippen LogP contribution in [-0.4, -0.2) is 31.7 Å². The molecule has 3 aromatic rings. The highest BCUT2D eigenvalue weighted by Gasteiger charge is 2.27. The molecule has 1 aliphatic rings. The summed E-state index contributed by atoms with van der Waals surface area (Å²) in [6.07, 6.45) is 1.16. The van der Waals surface area contributed by atoms with Gasteiger partial charge < -0.3 is 14.0 Å². The molecule has 0 amide bonds. The van der Waals surface area contributed by atoms with Gasteiger partial charge in [-0.05, 0) is 12.1 Å². The Morgan fingerprint density at radius 2 is 2.10 bits per heavy atom. The molecule has 0 spiro atoms. The molecule has 1 aliphatic heterocycles. The van der Waals surface area contributed by atoms with E-state index in [1.54, 1.807) is 17.9 Å². The van der Waals surface area contributed by atoms with Crippen LogP contribution in [0.5, 0.6) is 11.5 Å². The maximum absolute atomic E-state index is 5.83. The maximum Gasteiger partial charge on any atom is 0.277 e. The molecule has 106 valence electrons. The van der Waals surface area contributed by atoms with Gasteiger partial charge in [0.1, 0.15) is 12.3 Å². The summed E-state index contributed by atoms with van der Waals surface area (Å²) in [5.41, 5.74) is 0.644. The lowest BCUT2D eigenvalue weighted by Crippen LogP contribution is -2.22. The SMILES string of the molecule is Cn1nncc1-c1nc(C2COc3ccccc3O2)no1. The number of nitrogens with zero attached hydrogens (tertiary/aromatic N) is 5. The van der Waals surface area contributed by atoms with E-state index in [0.29, 0.717) is 35.5 Å². The minimum atomic E-state index is -0.404. The molecule has 0 fully saturated rings. The van der Waals surface area contributed by atoms with E-state index in [4.69, 9.17) is 14.0 Å². The Labute approximate surface area is 119 Å². The number of benzene rings is 1. The van der Waals surface area contributed by atoms with E-state index < -0.39 is 6.10 Å². The van der Waals surface area contributed by atoms with Crippen molar-refractivity contribution in [3.05, 3.63) is 36.3 Å². The number of rotatable bonds is 2. The predicted molar refractivity (Wildman–Crippen MR) is 69.6 cm³/mol. The largest absolute Gasteiger partial charge is 0.485 e. The predicted octanol–water partition coefficient (Wildman–Crippen LogP) is 1.38. The minimum Gasteiger partial charge on any atom is -0.485 e. The molecule has 0 saturated carbocycles. The van der Waals surface area contributed by atoms with Gasteiger partial charge in [-0.1, -0.05) is 22.5 Å². The molecule has 1 aromatic carbocycles. The van der Waals surface area contributed by atoms with Crippen LogP contribution in [0.25, 0.3) is 11.6 Å². The van der Waals surface area contributed by atoms with E-state index in [-0.39, 0.29) is 0 Å². The third kappa shape index (κ3) is 2.00. The topological polar surface area (TPSA) is 88.1 Å². The van der Waals surface area contributed by atoms with Crippen molar-refractivity contribution in [1.29, 1.82) is 0 Å². The number of ether oxygens (including phenoxy) is 2. The molecule has 8 nitrogen and oxygen atoms in total. The van der Waals surface area contributed by atoms with Crippen molar-refractivity contribution in [2.45, 2.75) is 6.10 Å². The lowest BCUT2D eigenvalue weighted by atomic mass is 10.2. The molecule has 3 heterocycles. The molecule has 1 atom stereocenters. The summed E-state index contributed by atoms with van der Waals surface area (Å²) in [6, 6.07) is 7.47. The number of fused-ring (bicyclic) bond motifs is 1. The fourth-order valence-corrected chi connectivity index (χ4v) is 2.10. The molecule has 2 aromatic heterocycles. The first-order chi connectivity index (χ1) is 10.3. The lowest BCUT2D eigenvalue weighted by molar-refractivity contribution is 0.0832. The summed E-state index contributed by atoms with van der Waals surface area (Å²) in [6.45, 7) is 0.333. The highest BCUT2D eigenvalue weighted by molar-refractivity contribution is 5.44. The van der Waals surface area contributed by atoms with Gasteiger partial charge in [0.2, 0.25) is 5.82 Å². The number of para-hydroxylation sites is 2. The van der Waals surface area contributed by atoms with Crippen LogP contribution in [0.1, 0.15) is 11.9 Å². The molecule has 4 rings (SSSR count).